The maximum absolute atomic E-state index is 13.3. The number of hydrogen-bond acceptors (Lipinski definition) is 4. The van der Waals surface area contributed by atoms with Crippen molar-refractivity contribution in [2.45, 2.75) is 45.1 Å². The third kappa shape index (κ3) is 4.33. The Morgan fingerprint density at radius 2 is 1.76 bits per heavy atom. The van der Waals surface area contributed by atoms with Crippen LogP contribution in [0.15, 0.2) is 60.7 Å². The predicted molar refractivity (Wildman–Crippen MR) is 131 cm³/mol. The number of amides is 1. The molecule has 5 nitrogen and oxygen atoms in total. The molecular weight excluding hydrogens is 412 g/mol. The Balaban J connectivity index is 1.33. The lowest BCUT2D eigenvalue weighted by Crippen LogP contribution is -2.27. The number of aryl methyl sites for hydroxylation is 1. The molecular formula is C28H30N2O3. The van der Waals surface area contributed by atoms with Gasteiger partial charge in [0.05, 0.1) is 5.41 Å². The van der Waals surface area contributed by atoms with Gasteiger partial charge in [0.2, 0.25) is 12.7 Å². The van der Waals surface area contributed by atoms with Crippen LogP contribution in [0, 0.1) is 6.92 Å². The summed E-state index contributed by atoms with van der Waals surface area (Å²) in [7, 11) is 0. The summed E-state index contributed by atoms with van der Waals surface area (Å²) >= 11 is 0. The van der Waals surface area contributed by atoms with Crippen molar-refractivity contribution in [2.75, 3.05) is 18.7 Å². The quantitative estimate of drug-likeness (QED) is 0.449. The SMILES string of the molecule is CCCNCc1ccc(-c2cc(NC(=O)C3(c4ccc5c(c4)OCO5)CC3)ccc2C)cc1. The second kappa shape index (κ2) is 8.91. The van der Waals surface area contributed by atoms with E-state index in [1.807, 2.05) is 24.3 Å². The first-order valence-electron chi connectivity index (χ1n) is 11.7. The molecule has 0 spiro atoms. The molecule has 170 valence electrons. The van der Waals surface area contributed by atoms with Crippen LogP contribution >= 0.6 is 0 Å². The van der Waals surface area contributed by atoms with Gasteiger partial charge in [0, 0.05) is 12.2 Å². The third-order valence-corrected chi connectivity index (χ3v) is 6.63. The van der Waals surface area contributed by atoms with Gasteiger partial charge in [0.1, 0.15) is 0 Å². The summed E-state index contributed by atoms with van der Waals surface area (Å²) in [4.78, 5) is 13.3. The molecule has 0 unspecified atom stereocenters. The van der Waals surface area contributed by atoms with E-state index in [1.165, 1.54) is 11.1 Å². The van der Waals surface area contributed by atoms with Gasteiger partial charge in [-0.2, -0.15) is 0 Å². The maximum Gasteiger partial charge on any atom is 0.235 e. The highest BCUT2D eigenvalue weighted by molar-refractivity contribution is 6.02. The summed E-state index contributed by atoms with van der Waals surface area (Å²) in [6.07, 6.45) is 2.81. The third-order valence-electron chi connectivity index (χ3n) is 6.63. The molecule has 3 aromatic rings. The van der Waals surface area contributed by atoms with E-state index in [1.54, 1.807) is 0 Å². The van der Waals surface area contributed by atoms with Gasteiger partial charge in [-0.3, -0.25) is 4.79 Å². The van der Waals surface area contributed by atoms with Crippen LogP contribution in [-0.2, 0) is 16.8 Å². The van der Waals surface area contributed by atoms with Gasteiger partial charge in [-0.05, 0) is 84.8 Å². The zero-order valence-electron chi connectivity index (χ0n) is 19.2. The average molecular weight is 443 g/mol. The lowest BCUT2D eigenvalue weighted by Gasteiger charge is -2.17. The number of ether oxygens (including phenoxy) is 2. The molecule has 5 heteroatoms. The molecule has 1 heterocycles. The first-order valence-corrected chi connectivity index (χ1v) is 11.7. The highest BCUT2D eigenvalue weighted by atomic mass is 16.7. The van der Waals surface area contributed by atoms with E-state index < -0.39 is 5.41 Å². The normalized spacial score (nSPS) is 15.3. The number of hydrogen-bond donors (Lipinski definition) is 2. The molecule has 1 aliphatic heterocycles. The maximum atomic E-state index is 13.3. The molecule has 1 fully saturated rings. The lowest BCUT2D eigenvalue weighted by molar-refractivity contribution is -0.118. The molecule has 0 atom stereocenters. The number of benzene rings is 3. The van der Waals surface area contributed by atoms with Gasteiger partial charge < -0.3 is 20.1 Å². The van der Waals surface area contributed by atoms with Crippen LogP contribution in [0.4, 0.5) is 5.69 Å². The number of rotatable bonds is 8. The van der Waals surface area contributed by atoms with Gasteiger partial charge in [-0.25, -0.2) is 0 Å². The summed E-state index contributed by atoms with van der Waals surface area (Å²) < 4.78 is 10.9. The molecule has 5 rings (SSSR count). The van der Waals surface area contributed by atoms with E-state index in [0.29, 0.717) is 0 Å². The predicted octanol–water partition coefficient (Wildman–Crippen LogP) is 5.56. The van der Waals surface area contributed by atoms with Crippen LogP contribution < -0.4 is 20.1 Å². The van der Waals surface area contributed by atoms with E-state index in [0.717, 1.165) is 66.2 Å². The van der Waals surface area contributed by atoms with E-state index in [-0.39, 0.29) is 12.7 Å². The Hall–Kier alpha value is -3.31. The van der Waals surface area contributed by atoms with Gasteiger partial charge in [-0.1, -0.05) is 43.3 Å². The minimum atomic E-state index is -0.487. The van der Waals surface area contributed by atoms with Crippen molar-refractivity contribution >= 4 is 11.6 Å². The van der Waals surface area contributed by atoms with Crippen molar-refractivity contribution in [3.63, 3.8) is 0 Å². The molecule has 0 saturated heterocycles. The molecule has 1 amide bonds. The van der Waals surface area contributed by atoms with E-state index in [4.69, 9.17) is 9.47 Å². The van der Waals surface area contributed by atoms with Crippen LogP contribution in [0.3, 0.4) is 0 Å². The van der Waals surface area contributed by atoms with Gasteiger partial charge in [-0.15, -0.1) is 0 Å². The summed E-state index contributed by atoms with van der Waals surface area (Å²) in [6, 6.07) is 20.6. The largest absolute Gasteiger partial charge is 0.454 e. The van der Waals surface area contributed by atoms with Crippen molar-refractivity contribution < 1.29 is 14.3 Å². The first kappa shape index (κ1) is 21.5. The van der Waals surface area contributed by atoms with E-state index in [2.05, 4.69) is 60.9 Å². The minimum absolute atomic E-state index is 0.0357. The van der Waals surface area contributed by atoms with Crippen LogP contribution in [0.2, 0.25) is 0 Å². The topological polar surface area (TPSA) is 59.6 Å². The standard InChI is InChI=1S/C28H30N2O3/c1-3-14-29-17-20-5-7-21(8-6-20)24-16-23(10-4-19(24)2)30-27(31)28(12-13-28)22-9-11-25-26(15-22)33-18-32-25/h4-11,15-16,29H,3,12-14,17-18H2,1-2H3,(H,30,31). The van der Waals surface area contributed by atoms with Crippen molar-refractivity contribution in [1.29, 1.82) is 0 Å². The van der Waals surface area contributed by atoms with Crippen molar-refractivity contribution in [3.8, 4) is 22.6 Å². The second-order valence-electron chi connectivity index (χ2n) is 9.01. The van der Waals surface area contributed by atoms with Crippen molar-refractivity contribution in [1.82, 2.24) is 5.32 Å². The zero-order chi connectivity index (χ0) is 22.8. The number of nitrogens with one attached hydrogen (secondary N) is 2. The molecule has 3 aromatic carbocycles. The highest BCUT2D eigenvalue weighted by Gasteiger charge is 2.51. The highest BCUT2D eigenvalue weighted by Crippen LogP contribution is 2.51. The van der Waals surface area contributed by atoms with Crippen LogP contribution in [-0.4, -0.2) is 19.2 Å². The summed E-state index contributed by atoms with van der Waals surface area (Å²) in [5.41, 5.74) is 6.06. The first-order chi connectivity index (χ1) is 16.1. The average Bonchev–Trinajstić information content (AvgIpc) is 3.52. The van der Waals surface area contributed by atoms with Gasteiger partial charge >= 0.3 is 0 Å². The summed E-state index contributed by atoms with van der Waals surface area (Å²) in [5.74, 6) is 1.50. The smallest absolute Gasteiger partial charge is 0.235 e. The fourth-order valence-corrected chi connectivity index (χ4v) is 4.44. The summed E-state index contributed by atoms with van der Waals surface area (Å²) in [6.45, 7) is 6.42. The Bertz CT molecular complexity index is 1170. The second-order valence-corrected chi connectivity index (χ2v) is 9.01. The Morgan fingerprint density at radius 1 is 0.970 bits per heavy atom. The molecule has 1 saturated carbocycles. The van der Waals surface area contributed by atoms with Crippen LogP contribution in [0.5, 0.6) is 11.5 Å². The molecule has 33 heavy (non-hydrogen) atoms. The summed E-state index contributed by atoms with van der Waals surface area (Å²) in [5, 5.41) is 6.61. The fraction of sp³-hybridized carbons (Fsp3) is 0.321. The number of carbonyl (C=O) groups excluding carboxylic acids is 1. The fourth-order valence-electron chi connectivity index (χ4n) is 4.44. The monoisotopic (exact) mass is 442 g/mol. The Morgan fingerprint density at radius 3 is 2.52 bits per heavy atom. The van der Waals surface area contributed by atoms with E-state index in [9.17, 15) is 4.79 Å². The molecule has 0 radical (unpaired) electrons. The molecule has 2 N–H and O–H groups in total. The number of anilines is 1. The lowest BCUT2D eigenvalue weighted by atomic mass is 9.94. The van der Waals surface area contributed by atoms with Crippen molar-refractivity contribution in [2.24, 2.45) is 0 Å². The molecule has 0 aromatic heterocycles. The zero-order valence-corrected chi connectivity index (χ0v) is 19.2. The van der Waals surface area contributed by atoms with Gasteiger partial charge in [0.15, 0.2) is 11.5 Å². The molecule has 1 aliphatic carbocycles. The van der Waals surface area contributed by atoms with Crippen LogP contribution in [0.25, 0.3) is 11.1 Å². The van der Waals surface area contributed by atoms with E-state index >= 15 is 0 Å². The number of carbonyl (C=O) groups is 1. The molecule has 0 bridgehead atoms. The van der Waals surface area contributed by atoms with Crippen LogP contribution in [0.1, 0.15) is 42.9 Å². The van der Waals surface area contributed by atoms with Crippen molar-refractivity contribution in [3.05, 3.63) is 77.4 Å². The molecule has 2 aliphatic rings. The number of fused-ring (bicyclic) bond motifs is 1. The minimum Gasteiger partial charge on any atom is -0.454 e. The van der Waals surface area contributed by atoms with Gasteiger partial charge in [0.25, 0.3) is 0 Å². The Kier molecular flexibility index (Phi) is 5.81. The Labute approximate surface area is 195 Å².